The highest BCUT2D eigenvalue weighted by Crippen LogP contribution is 2.44. The quantitative estimate of drug-likeness (QED) is 0.664. The maximum absolute atomic E-state index is 10.5. The fourth-order valence-corrected chi connectivity index (χ4v) is 2.07. The van der Waals surface area contributed by atoms with Gasteiger partial charge in [0.1, 0.15) is 0 Å². The summed E-state index contributed by atoms with van der Waals surface area (Å²) in [5.41, 5.74) is 1.20. The molecule has 0 fully saturated rings. The summed E-state index contributed by atoms with van der Waals surface area (Å²) in [5.74, 6) is 2.43. The highest BCUT2D eigenvalue weighted by molar-refractivity contribution is 5.75. The molecule has 1 aliphatic carbocycles. The van der Waals surface area contributed by atoms with Gasteiger partial charge in [0.25, 0.3) is 0 Å². The Hall–Kier alpha value is -2.18. The molecule has 3 rings (SSSR count). The zero-order valence-electron chi connectivity index (χ0n) is 8.38. The maximum atomic E-state index is 10.5. The fourth-order valence-electron chi connectivity index (χ4n) is 2.07. The minimum absolute atomic E-state index is 0.631. The third-order valence-corrected chi connectivity index (χ3v) is 2.83. The summed E-state index contributed by atoms with van der Waals surface area (Å²) < 4.78 is 0. The van der Waals surface area contributed by atoms with E-state index in [4.69, 9.17) is 6.42 Å². The molecule has 1 N–H and O–H groups in total. The number of fused-ring (bicyclic) bond motifs is 3. The molecule has 2 aromatic rings. The van der Waals surface area contributed by atoms with E-state index in [-0.39, 0.29) is 0 Å². The van der Waals surface area contributed by atoms with Gasteiger partial charge in [0, 0.05) is 23.5 Å². The van der Waals surface area contributed by atoms with Crippen LogP contribution in [0.4, 0.5) is 0 Å². The van der Waals surface area contributed by atoms with Crippen LogP contribution >= 0.6 is 0 Å². The topological polar surface area (TPSA) is 46.0 Å². The highest BCUT2D eigenvalue weighted by atomic mass is 16.3. The lowest BCUT2D eigenvalue weighted by molar-refractivity contribution is 0.150. The number of terminal acetylenes is 1. The van der Waals surface area contributed by atoms with Crippen molar-refractivity contribution in [3.63, 3.8) is 0 Å². The molecule has 3 heteroatoms. The second kappa shape index (κ2) is 2.91. The number of hydrogen-bond acceptors (Lipinski definition) is 3. The van der Waals surface area contributed by atoms with E-state index in [2.05, 4.69) is 15.9 Å². The summed E-state index contributed by atoms with van der Waals surface area (Å²) in [4.78, 5) is 8.45. The predicted molar refractivity (Wildman–Crippen MR) is 59.3 cm³/mol. The molecule has 0 radical (unpaired) electrons. The molecule has 0 atom stereocenters. The van der Waals surface area contributed by atoms with Crippen molar-refractivity contribution in [2.45, 2.75) is 5.60 Å². The zero-order valence-corrected chi connectivity index (χ0v) is 8.38. The van der Waals surface area contributed by atoms with Crippen LogP contribution in [0.2, 0.25) is 0 Å². The normalized spacial score (nSPS) is 15.0. The molecule has 0 amide bonds. The summed E-state index contributed by atoms with van der Waals surface area (Å²) in [7, 11) is 0. The molecule has 1 aliphatic rings. The van der Waals surface area contributed by atoms with Gasteiger partial charge in [0.2, 0.25) is 0 Å². The van der Waals surface area contributed by atoms with E-state index in [0.717, 1.165) is 0 Å². The van der Waals surface area contributed by atoms with Crippen LogP contribution in [0.3, 0.4) is 0 Å². The molecule has 0 saturated heterocycles. The Balaban J connectivity index is 2.45. The van der Waals surface area contributed by atoms with Crippen molar-refractivity contribution in [3.8, 4) is 23.7 Å². The fraction of sp³-hybridized carbons (Fsp3) is 0.0769. The Morgan fingerprint density at radius 1 is 1.06 bits per heavy atom. The second-order valence-electron chi connectivity index (χ2n) is 3.65. The van der Waals surface area contributed by atoms with Crippen molar-refractivity contribution in [2.75, 3.05) is 0 Å². The van der Waals surface area contributed by atoms with Crippen LogP contribution in [0.15, 0.2) is 36.7 Å². The molecule has 2 aromatic heterocycles. The summed E-state index contributed by atoms with van der Waals surface area (Å²) in [5, 5.41) is 10.5. The lowest BCUT2D eigenvalue weighted by Crippen LogP contribution is -2.21. The van der Waals surface area contributed by atoms with Gasteiger partial charge in [-0.05, 0) is 12.1 Å². The van der Waals surface area contributed by atoms with Crippen molar-refractivity contribution >= 4 is 0 Å². The van der Waals surface area contributed by atoms with E-state index in [0.29, 0.717) is 22.5 Å². The van der Waals surface area contributed by atoms with Crippen molar-refractivity contribution in [2.24, 2.45) is 0 Å². The Morgan fingerprint density at radius 3 is 2.00 bits per heavy atom. The lowest BCUT2D eigenvalue weighted by Gasteiger charge is -2.17. The summed E-state index contributed by atoms with van der Waals surface area (Å²) in [6.45, 7) is 0. The van der Waals surface area contributed by atoms with Gasteiger partial charge in [-0.15, -0.1) is 6.42 Å². The largest absolute Gasteiger partial charge is 0.369 e. The molecule has 0 saturated carbocycles. The Morgan fingerprint density at radius 2 is 1.56 bits per heavy atom. The van der Waals surface area contributed by atoms with Gasteiger partial charge in [-0.3, -0.25) is 9.97 Å². The smallest absolute Gasteiger partial charge is 0.180 e. The van der Waals surface area contributed by atoms with Crippen LogP contribution in [0.1, 0.15) is 11.1 Å². The number of rotatable bonds is 0. The van der Waals surface area contributed by atoms with Gasteiger partial charge >= 0.3 is 0 Å². The number of pyridine rings is 2. The third kappa shape index (κ3) is 0.918. The van der Waals surface area contributed by atoms with Crippen molar-refractivity contribution < 1.29 is 5.11 Å². The zero-order chi connectivity index (χ0) is 11.2. The number of nitrogens with zero attached hydrogens (tertiary/aromatic N) is 2. The maximum Gasteiger partial charge on any atom is 0.180 e. The van der Waals surface area contributed by atoms with Crippen molar-refractivity contribution in [1.29, 1.82) is 0 Å². The van der Waals surface area contributed by atoms with Crippen molar-refractivity contribution in [1.82, 2.24) is 9.97 Å². The molecule has 0 aromatic carbocycles. The third-order valence-electron chi connectivity index (χ3n) is 2.83. The van der Waals surface area contributed by atoms with Crippen LogP contribution in [-0.4, -0.2) is 15.1 Å². The molecule has 2 heterocycles. The SMILES string of the molecule is C#CC1(O)c2cccnc2-c2ncccc21. The van der Waals surface area contributed by atoms with Gasteiger partial charge in [-0.2, -0.15) is 0 Å². The van der Waals surface area contributed by atoms with Gasteiger partial charge in [-0.1, -0.05) is 18.1 Å². The van der Waals surface area contributed by atoms with Crippen LogP contribution in [0.25, 0.3) is 11.4 Å². The van der Waals surface area contributed by atoms with Crippen LogP contribution in [-0.2, 0) is 5.60 Å². The minimum Gasteiger partial charge on any atom is -0.369 e. The second-order valence-corrected chi connectivity index (χ2v) is 3.65. The average molecular weight is 208 g/mol. The average Bonchev–Trinajstić information content (AvgIpc) is 2.62. The van der Waals surface area contributed by atoms with Gasteiger partial charge in [-0.25, -0.2) is 0 Å². The Bertz CT molecular complexity index is 568. The van der Waals surface area contributed by atoms with E-state index in [1.165, 1.54) is 0 Å². The first-order valence-corrected chi connectivity index (χ1v) is 4.89. The van der Waals surface area contributed by atoms with E-state index in [9.17, 15) is 5.11 Å². The first-order valence-electron chi connectivity index (χ1n) is 4.89. The predicted octanol–water partition coefficient (Wildman–Crippen LogP) is 1.33. The van der Waals surface area contributed by atoms with E-state index >= 15 is 0 Å². The Kier molecular flexibility index (Phi) is 1.65. The highest BCUT2D eigenvalue weighted by Gasteiger charge is 2.41. The summed E-state index contributed by atoms with van der Waals surface area (Å²) >= 11 is 0. The molecule has 0 bridgehead atoms. The number of aliphatic hydroxyl groups is 1. The van der Waals surface area contributed by atoms with Gasteiger partial charge < -0.3 is 5.11 Å². The van der Waals surface area contributed by atoms with E-state index in [1.807, 2.05) is 0 Å². The van der Waals surface area contributed by atoms with Gasteiger partial charge in [0.05, 0.1) is 11.4 Å². The molecule has 76 valence electrons. The lowest BCUT2D eigenvalue weighted by atomic mass is 9.94. The standard InChI is InChI=1S/C13H8N2O/c1-2-13(16)9-5-3-7-14-11(9)12-10(13)6-4-8-15-12/h1,3-8,16H. The van der Waals surface area contributed by atoms with Gasteiger partial charge in [0.15, 0.2) is 5.60 Å². The molecule has 16 heavy (non-hydrogen) atoms. The Labute approximate surface area is 92.8 Å². The van der Waals surface area contributed by atoms with Crippen LogP contribution in [0.5, 0.6) is 0 Å². The van der Waals surface area contributed by atoms with Crippen molar-refractivity contribution in [3.05, 3.63) is 47.8 Å². The number of aromatic nitrogens is 2. The molecular weight excluding hydrogens is 200 g/mol. The van der Waals surface area contributed by atoms with Crippen LogP contribution < -0.4 is 0 Å². The van der Waals surface area contributed by atoms with Crippen LogP contribution in [0, 0.1) is 12.3 Å². The number of hydrogen-bond donors (Lipinski definition) is 1. The van der Waals surface area contributed by atoms with E-state index in [1.54, 1.807) is 36.7 Å². The minimum atomic E-state index is -1.40. The molecule has 0 spiro atoms. The summed E-state index contributed by atoms with van der Waals surface area (Å²) in [6, 6.07) is 7.08. The van der Waals surface area contributed by atoms with E-state index < -0.39 is 5.60 Å². The molecule has 0 aliphatic heterocycles. The molecule has 0 unspecified atom stereocenters. The molecule has 3 nitrogen and oxygen atoms in total. The first kappa shape index (κ1) is 9.08. The first-order chi connectivity index (χ1) is 7.77. The monoisotopic (exact) mass is 208 g/mol. The summed E-state index contributed by atoms with van der Waals surface area (Å²) in [6.07, 6.45) is 8.77. The molecular formula is C13H8N2O.